The fourth-order valence-corrected chi connectivity index (χ4v) is 4.90. The van der Waals surface area contributed by atoms with Crippen LogP contribution < -0.4 is 10.0 Å². The lowest BCUT2D eigenvalue weighted by Crippen LogP contribution is -2.16. The molecule has 2 aromatic carbocycles. The summed E-state index contributed by atoms with van der Waals surface area (Å²) in [7, 11) is -2.22. The van der Waals surface area contributed by atoms with Gasteiger partial charge in [0.25, 0.3) is 15.9 Å². The van der Waals surface area contributed by atoms with E-state index in [1.807, 2.05) is 0 Å². The third-order valence-corrected chi connectivity index (χ3v) is 6.99. The Kier molecular flexibility index (Phi) is 5.18. The average molecular weight is 466 g/mol. The van der Waals surface area contributed by atoms with Gasteiger partial charge < -0.3 is 5.32 Å². The first-order valence-electron chi connectivity index (χ1n) is 8.40. The van der Waals surface area contributed by atoms with Gasteiger partial charge in [0.05, 0.1) is 16.2 Å². The second kappa shape index (κ2) is 7.67. The van der Waals surface area contributed by atoms with Crippen molar-refractivity contribution in [1.82, 2.24) is 14.8 Å². The predicted molar refractivity (Wildman–Crippen MR) is 113 cm³/mol. The first-order chi connectivity index (χ1) is 14.2. The number of carbonyl (C=O) groups is 1. The Hall–Kier alpha value is -3.02. The molecule has 0 fully saturated rings. The maximum Gasteiger partial charge on any atom is 0.289 e. The van der Waals surface area contributed by atoms with Gasteiger partial charge in [-0.3, -0.25) is 14.2 Å². The molecule has 0 aliphatic heterocycles. The number of halogens is 2. The molecule has 0 atom stereocenters. The number of nitrogens with zero attached hydrogens (tertiary/aromatic N) is 3. The summed E-state index contributed by atoms with van der Waals surface area (Å²) in [6.45, 7) is 0. The molecule has 154 valence electrons. The molecule has 0 bridgehead atoms. The number of aromatic nitrogens is 3. The van der Waals surface area contributed by atoms with E-state index in [9.17, 15) is 17.6 Å². The zero-order valence-corrected chi connectivity index (χ0v) is 17.6. The molecule has 0 saturated carbocycles. The van der Waals surface area contributed by atoms with Crippen LogP contribution in [-0.2, 0) is 17.1 Å². The van der Waals surface area contributed by atoms with Crippen LogP contribution in [0.1, 0.15) is 10.5 Å². The van der Waals surface area contributed by atoms with Crippen LogP contribution >= 0.6 is 22.9 Å². The Balaban J connectivity index is 1.63. The number of sulfonamides is 1. The van der Waals surface area contributed by atoms with E-state index in [4.69, 9.17) is 11.6 Å². The van der Waals surface area contributed by atoms with Crippen molar-refractivity contribution in [1.29, 1.82) is 0 Å². The highest BCUT2D eigenvalue weighted by Gasteiger charge is 2.20. The van der Waals surface area contributed by atoms with E-state index >= 15 is 0 Å². The molecule has 2 heterocycles. The van der Waals surface area contributed by atoms with E-state index in [0.717, 1.165) is 17.4 Å². The Morgan fingerprint density at radius 3 is 2.67 bits per heavy atom. The van der Waals surface area contributed by atoms with Crippen molar-refractivity contribution in [2.75, 3.05) is 10.0 Å². The SMILES string of the molecule is Cn1nc2cc(NS(=O)(=O)c3nccs3)ccc2c1C(=O)Nc1ccc(F)c(Cl)c1. The molecule has 0 radical (unpaired) electrons. The molecule has 0 unspecified atom stereocenters. The minimum atomic E-state index is -3.81. The summed E-state index contributed by atoms with van der Waals surface area (Å²) in [6.07, 6.45) is 1.40. The van der Waals surface area contributed by atoms with Gasteiger partial charge in [-0.2, -0.15) is 13.5 Å². The lowest BCUT2D eigenvalue weighted by Gasteiger charge is -2.07. The largest absolute Gasteiger partial charge is 0.321 e. The summed E-state index contributed by atoms with van der Waals surface area (Å²) in [5, 5.41) is 8.90. The van der Waals surface area contributed by atoms with Gasteiger partial charge in [-0.1, -0.05) is 11.6 Å². The molecule has 0 saturated heterocycles. The number of carbonyl (C=O) groups excluding carboxylic acids is 1. The summed E-state index contributed by atoms with van der Waals surface area (Å²) >= 11 is 6.75. The first kappa shape index (κ1) is 20.3. The topological polar surface area (TPSA) is 106 Å². The van der Waals surface area contributed by atoms with E-state index in [1.54, 1.807) is 18.5 Å². The fourth-order valence-electron chi connectivity index (χ4n) is 2.84. The van der Waals surface area contributed by atoms with E-state index in [0.29, 0.717) is 16.6 Å². The van der Waals surface area contributed by atoms with Crippen LogP contribution in [0.25, 0.3) is 10.9 Å². The normalized spacial score (nSPS) is 11.6. The summed E-state index contributed by atoms with van der Waals surface area (Å²) in [6, 6.07) is 8.49. The van der Waals surface area contributed by atoms with E-state index in [-0.39, 0.29) is 20.7 Å². The van der Waals surface area contributed by atoms with Crippen molar-refractivity contribution < 1.29 is 17.6 Å². The van der Waals surface area contributed by atoms with Crippen LogP contribution in [0.4, 0.5) is 15.8 Å². The summed E-state index contributed by atoms with van der Waals surface area (Å²) < 4.78 is 41.8. The molecule has 8 nitrogen and oxygen atoms in total. The zero-order valence-electron chi connectivity index (χ0n) is 15.3. The number of hydrogen-bond acceptors (Lipinski definition) is 6. The monoisotopic (exact) mass is 465 g/mol. The van der Waals surface area contributed by atoms with Crippen LogP contribution in [-0.4, -0.2) is 29.1 Å². The highest BCUT2D eigenvalue weighted by Crippen LogP contribution is 2.26. The van der Waals surface area contributed by atoms with Crippen molar-refractivity contribution in [2.24, 2.45) is 7.05 Å². The van der Waals surface area contributed by atoms with Crippen molar-refractivity contribution in [3.63, 3.8) is 0 Å². The average Bonchev–Trinajstić information content (AvgIpc) is 3.32. The van der Waals surface area contributed by atoms with Gasteiger partial charge >= 0.3 is 0 Å². The molecule has 4 rings (SSSR count). The molecule has 4 aromatic rings. The van der Waals surface area contributed by atoms with E-state index in [2.05, 4.69) is 20.1 Å². The number of aryl methyl sites for hydroxylation is 1. The molecular weight excluding hydrogens is 453 g/mol. The number of thiazole rings is 1. The molecule has 2 aromatic heterocycles. The lowest BCUT2D eigenvalue weighted by molar-refractivity contribution is 0.101. The van der Waals surface area contributed by atoms with Gasteiger partial charge in [0.1, 0.15) is 11.5 Å². The van der Waals surface area contributed by atoms with Crippen LogP contribution in [0.15, 0.2) is 52.3 Å². The highest BCUT2D eigenvalue weighted by atomic mass is 35.5. The first-order valence-corrected chi connectivity index (χ1v) is 11.1. The minimum Gasteiger partial charge on any atom is -0.321 e. The second-order valence-electron chi connectivity index (χ2n) is 6.19. The summed E-state index contributed by atoms with van der Waals surface area (Å²) in [4.78, 5) is 16.6. The quantitative estimate of drug-likeness (QED) is 0.465. The fraction of sp³-hybridized carbons (Fsp3) is 0.0556. The number of rotatable bonds is 5. The minimum absolute atomic E-state index is 0.0540. The van der Waals surface area contributed by atoms with Gasteiger partial charge in [-0.05, 0) is 36.4 Å². The number of anilines is 2. The molecular formula is C18H13ClFN5O3S2. The van der Waals surface area contributed by atoms with E-state index < -0.39 is 21.7 Å². The number of amides is 1. The molecule has 0 spiro atoms. The van der Waals surface area contributed by atoms with E-state index in [1.165, 1.54) is 35.1 Å². The van der Waals surface area contributed by atoms with Crippen molar-refractivity contribution in [3.05, 3.63) is 64.5 Å². The molecule has 12 heteroatoms. The molecule has 0 aliphatic carbocycles. The maximum absolute atomic E-state index is 13.3. The number of hydrogen-bond donors (Lipinski definition) is 2. The van der Waals surface area contributed by atoms with Crippen LogP contribution in [0.3, 0.4) is 0 Å². The summed E-state index contributed by atoms with van der Waals surface area (Å²) in [5.74, 6) is -1.06. The van der Waals surface area contributed by atoms with Crippen LogP contribution in [0.5, 0.6) is 0 Å². The lowest BCUT2D eigenvalue weighted by atomic mass is 10.2. The number of benzene rings is 2. The smallest absolute Gasteiger partial charge is 0.289 e. The molecule has 30 heavy (non-hydrogen) atoms. The highest BCUT2D eigenvalue weighted by molar-refractivity contribution is 7.94. The summed E-state index contributed by atoms with van der Waals surface area (Å²) in [5.41, 5.74) is 1.28. The van der Waals surface area contributed by atoms with Gasteiger partial charge in [-0.15, -0.1) is 11.3 Å². The van der Waals surface area contributed by atoms with Gasteiger partial charge in [-0.25, -0.2) is 9.37 Å². The number of fused-ring (bicyclic) bond motifs is 1. The van der Waals surface area contributed by atoms with Crippen molar-refractivity contribution >= 4 is 61.1 Å². The van der Waals surface area contributed by atoms with Crippen molar-refractivity contribution in [2.45, 2.75) is 4.34 Å². The Morgan fingerprint density at radius 2 is 1.97 bits per heavy atom. The second-order valence-corrected chi connectivity index (χ2v) is 9.35. The molecule has 1 amide bonds. The van der Waals surface area contributed by atoms with Gasteiger partial charge in [0.2, 0.25) is 4.34 Å². The van der Waals surface area contributed by atoms with Gasteiger partial charge in [0.15, 0.2) is 0 Å². The number of nitrogens with one attached hydrogen (secondary N) is 2. The Labute approximate surface area is 179 Å². The van der Waals surface area contributed by atoms with Crippen LogP contribution in [0.2, 0.25) is 5.02 Å². The maximum atomic E-state index is 13.3. The molecule has 0 aliphatic rings. The Morgan fingerprint density at radius 1 is 1.20 bits per heavy atom. The third kappa shape index (κ3) is 3.86. The molecule has 2 N–H and O–H groups in total. The van der Waals surface area contributed by atoms with Crippen molar-refractivity contribution in [3.8, 4) is 0 Å². The predicted octanol–water partition coefficient (Wildman–Crippen LogP) is 3.88. The standard InChI is InChI=1S/C18H13ClFN5O3S2/c1-25-16(17(26)22-10-3-5-14(20)13(19)8-10)12-4-2-11(9-15(12)23-25)24-30(27,28)18-21-6-7-29-18/h2-9,24H,1H3,(H,22,26). The van der Waals surface area contributed by atoms with Gasteiger partial charge in [0, 0.05) is 29.7 Å². The third-order valence-electron chi connectivity index (χ3n) is 4.12. The Bertz CT molecular complexity index is 1370. The zero-order chi connectivity index (χ0) is 21.5. The van der Waals surface area contributed by atoms with Crippen LogP contribution in [0, 0.1) is 5.82 Å².